The van der Waals surface area contributed by atoms with Crippen LogP contribution in [0.3, 0.4) is 0 Å². The summed E-state index contributed by atoms with van der Waals surface area (Å²) in [4.78, 5) is 17.1. The highest BCUT2D eigenvalue weighted by Crippen LogP contribution is 2.34. The molecular formula is C9H12N2O2. The molecule has 70 valence electrons. The average molecular weight is 180 g/mol. The lowest BCUT2D eigenvalue weighted by molar-refractivity contribution is -0.118. The number of amides is 1. The van der Waals surface area contributed by atoms with Gasteiger partial charge >= 0.3 is 0 Å². The van der Waals surface area contributed by atoms with Crippen molar-refractivity contribution in [3.63, 3.8) is 0 Å². The van der Waals surface area contributed by atoms with Gasteiger partial charge in [0.25, 0.3) is 11.9 Å². The van der Waals surface area contributed by atoms with Crippen LogP contribution < -0.4 is 0 Å². The standard InChI is InChI=1S/C9H12N2O2/c12-8-4-5-11-6-2-1-3-7(6)13-9(11)10-8/h6-7H,1-5H2/t6-,7+/m1/s1. The number of rotatable bonds is 0. The van der Waals surface area contributed by atoms with Crippen LogP contribution >= 0.6 is 0 Å². The molecule has 2 heterocycles. The fourth-order valence-electron chi connectivity index (χ4n) is 2.48. The van der Waals surface area contributed by atoms with Gasteiger partial charge in [0, 0.05) is 13.0 Å². The largest absolute Gasteiger partial charge is 0.459 e. The predicted molar refractivity (Wildman–Crippen MR) is 46.3 cm³/mol. The maximum atomic E-state index is 11.0. The first-order valence-electron chi connectivity index (χ1n) is 4.89. The number of fused-ring (bicyclic) bond motifs is 3. The third-order valence-corrected chi connectivity index (χ3v) is 3.11. The molecule has 0 unspecified atom stereocenters. The Labute approximate surface area is 76.6 Å². The number of hydrogen-bond acceptors (Lipinski definition) is 3. The van der Waals surface area contributed by atoms with E-state index in [-0.39, 0.29) is 5.91 Å². The molecule has 1 aliphatic carbocycles. The zero-order valence-corrected chi connectivity index (χ0v) is 7.40. The molecule has 4 heteroatoms. The van der Waals surface area contributed by atoms with Crippen molar-refractivity contribution in [3.8, 4) is 0 Å². The Bertz CT molecular complexity index is 287. The second-order valence-corrected chi connectivity index (χ2v) is 3.89. The molecule has 2 fully saturated rings. The Hall–Kier alpha value is -1.06. The van der Waals surface area contributed by atoms with Crippen molar-refractivity contribution >= 4 is 11.9 Å². The maximum absolute atomic E-state index is 11.0. The number of nitrogens with zero attached hydrogens (tertiary/aromatic N) is 2. The van der Waals surface area contributed by atoms with Crippen LogP contribution in [0.15, 0.2) is 4.99 Å². The quantitative estimate of drug-likeness (QED) is 0.546. The van der Waals surface area contributed by atoms with Gasteiger partial charge in [-0.1, -0.05) is 0 Å². The molecule has 0 bridgehead atoms. The third-order valence-electron chi connectivity index (χ3n) is 3.11. The lowest BCUT2D eigenvalue weighted by Gasteiger charge is -2.23. The molecule has 3 aliphatic rings. The fourth-order valence-corrected chi connectivity index (χ4v) is 2.48. The van der Waals surface area contributed by atoms with Crippen molar-refractivity contribution in [2.75, 3.05) is 6.54 Å². The van der Waals surface area contributed by atoms with Crippen LogP contribution in [0, 0.1) is 0 Å². The van der Waals surface area contributed by atoms with E-state index < -0.39 is 0 Å². The van der Waals surface area contributed by atoms with Crippen LogP contribution in [-0.2, 0) is 9.53 Å². The topological polar surface area (TPSA) is 41.9 Å². The summed E-state index contributed by atoms with van der Waals surface area (Å²) in [6, 6.07) is 1.10. The van der Waals surface area contributed by atoms with Crippen molar-refractivity contribution in [1.29, 1.82) is 0 Å². The van der Waals surface area contributed by atoms with Gasteiger partial charge in [-0.15, -0.1) is 0 Å². The highest BCUT2D eigenvalue weighted by atomic mass is 16.5. The number of aliphatic imine (C=N–C) groups is 1. The molecule has 1 amide bonds. The van der Waals surface area contributed by atoms with Crippen molar-refractivity contribution < 1.29 is 9.53 Å². The molecule has 0 N–H and O–H groups in total. The molecule has 3 rings (SSSR count). The molecule has 13 heavy (non-hydrogen) atoms. The van der Waals surface area contributed by atoms with Gasteiger partial charge < -0.3 is 9.64 Å². The van der Waals surface area contributed by atoms with E-state index in [1.165, 1.54) is 12.8 Å². The van der Waals surface area contributed by atoms with E-state index in [0.717, 1.165) is 13.0 Å². The number of carbonyl (C=O) groups is 1. The number of carbonyl (C=O) groups excluding carboxylic acids is 1. The Morgan fingerprint density at radius 1 is 1.46 bits per heavy atom. The predicted octanol–water partition coefficient (Wildman–Crippen LogP) is 0.526. The van der Waals surface area contributed by atoms with E-state index in [2.05, 4.69) is 9.89 Å². The van der Waals surface area contributed by atoms with Crippen LogP contribution in [0.1, 0.15) is 25.7 Å². The first kappa shape index (κ1) is 7.35. The molecule has 0 aromatic carbocycles. The summed E-state index contributed by atoms with van der Waals surface area (Å²) < 4.78 is 5.61. The molecule has 2 aliphatic heterocycles. The van der Waals surface area contributed by atoms with Crippen LogP contribution in [0.25, 0.3) is 0 Å². The Morgan fingerprint density at radius 3 is 3.31 bits per heavy atom. The summed E-state index contributed by atoms with van der Waals surface area (Å²) in [6.45, 7) is 0.804. The van der Waals surface area contributed by atoms with Crippen molar-refractivity contribution in [2.24, 2.45) is 4.99 Å². The zero-order chi connectivity index (χ0) is 8.84. The molecule has 4 nitrogen and oxygen atoms in total. The van der Waals surface area contributed by atoms with E-state index in [0.29, 0.717) is 24.6 Å². The summed E-state index contributed by atoms with van der Waals surface area (Å²) in [6.07, 6.45) is 4.42. The van der Waals surface area contributed by atoms with Crippen molar-refractivity contribution in [1.82, 2.24) is 4.90 Å². The number of ether oxygens (including phenoxy) is 1. The van der Waals surface area contributed by atoms with Gasteiger partial charge in [0.15, 0.2) is 0 Å². The number of hydrogen-bond donors (Lipinski definition) is 0. The van der Waals surface area contributed by atoms with E-state index in [4.69, 9.17) is 4.74 Å². The van der Waals surface area contributed by atoms with Crippen molar-refractivity contribution in [3.05, 3.63) is 0 Å². The Morgan fingerprint density at radius 2 is 2.38 bits per heavy atom. The summed E-state index contributed by atoms with van der Waals surface area (Å²) in [5, 5.41) is 0. The van der Waals surface area contributed by atoms with E-state index in [1.807, 2.05) is 0 Å². The summed E-state index contributed by atoms with van der Waals surface area (Å²) in [5.41, 5.74) is 0. The average Bonchev–Trinajstić information content (AvgIpc) is 2.62. The first-order valence-corrected chi connectivity index (χ1v) is 4.89. The minimum atomic E-state index is -0.0359. The second kappa shape index (κ2) is 2.47. The van der Waals surface area contributed by atoms with Gasteiger partial charge in [-0.3, -0.25) is 4.79 Å². The molecular weight excluding hydrogens is 168 g/mol. The second-order valence-electron chi connectivity index (χ2n) is 3.89. The summed E-state index contributed by atoms with van der Waals surface area (Å²) in [5.74, 6) is -0.0359. The third kappa shape index (κ3) is 0.975. The lowest BCUT2D eigenvalue weighted by atomic mass is 10.2. The number of amidine groups is 1. The maximum Gasteiger partial charge on any atom is 0.295 e. The van der Waals surface area contributed by atoms with Gasteiger partial charge in [-0.05, 0) is 19.3 Å². The Kier molecular flexibility index (Phi) is 1.39. The van der Waals surface area contributed by atoms with E-state index in [9.17, 15) is 4.79 Å². The summed E-state index contributed by atoms with van der Waals surface area (Å²) in [7, 11) is 0. The van der Waals surface area contributed by atoms with Crippen LogP contribution in [0.4, 0.5) is 0 Å². The minimum Gasteiger partial charge on any atom is -0.459 e. The fraction of sp³-hybridized carbons (Fsp3) is 0.778. The van der Waals surface area contributed by atoms with Gasteiger partial charge in [0.05, 0.1) is 6.04 Å². The van der Waals surface area contributed by atoms with Crippen LogP contribution in [-0.4, -0.2) is 35.5 Å². The van der Waals surface area contributed by atoms with Crippen molar-refractivity contribution in [2.45, 2.75) is 37.8 Å². The van der Waals surface area contributed by atoms with E-state index >= 15 is 0 Å². The van der Waals surface area contributed by atoms with Gasteiger partial charge in [0.1, 0.15) is 6.10 Å². The lowest BCUT2D eigenvalue weighted by Crippen LogP contribution is -2.38. The SMILES string of the molecule is O=C1CCN2C(=N1)O[C@H]1CCC[C@H]12. The molecule has 0 aromatic heterocycles. The molecule has 2 atom stereocenters. The molecule has 0 radical (unpaired) electrons. The highest BCUT2D eigenvalue weighted by molar-refractivity contribution is 5.93. The monoisotopic (exact) mass is 180 g/mol. The van der Waals surface area contributed by atoms with Crippen LogP contribution in [0.2, 0.25) is 0 Å². The minimum absolute atomic E-state index is 0.0359. The smallest absolute Gasteiger partial charge is 0.295 e. The molecule has 1 saturated heterocycles. The summed E-state index contributed by atoms with van der Waals surface area (Å²) >= 11 is 0. The molecule has 1 saturated carbocycles. The van der Waals surface area contributed by atoms with Crippen LogP contribution in [0.5, 0.6) is 0 Å². The normalized spacial score (nSPS) is 36.8. The molecule has 0 spiro atoms. The van der Waals surface area contributed by atoms with Gasteiger partial charge in [-0.2, -0.15) is 4.99 Å². The van der Waals surface area contributed by atoms with Gasteiger partial charge in [-0.25, -0.2) is 0 Å². The highest BCUT2D eigenvalue weighted by Gasteiger charge is 2.44. The van der Waals surface area contributed by atoms with E-state index in [1.54, 1.807) is 0 Å². The molecule has 0 aromatic rings. The first-order chi connectivity index (χ1) is 6.34. The Balaban J connectivity index is 1.91. The van der Waals surface area contributed by atoms with Gasteiger partial charge in [0.2, 0.25) is 0 Å². The zero-order valence-electron chi connectivity index (χ0n) is 7.40.